The van der Waals surface area contributed by atoms with Crippen LogP contribution in [0.1, 0.15) is 71.6 Å². The Labute approximate surface area is 166 Å². The number of unbranched alkanes of at least 4 members (excludes halogenated alkanes) is 6. The molecule has 0 rings (SSSR count). The summed E-state index contributed by atoms with van der Waals surface area (Å²) in [7, 11) is 6.27. The minimum Gasteiger partial charge on any atom is -0.466 e. The van der Waals surface area contributed by atoms with E-state index in [0.29, 0.717) is 19.8 Å². The molecule has 1 unspecified atom stereocenters. The zero-order chi connectivity index (χ0) is 20.5. The second kappa shape index (κ2) is 15.9. The summed E-state index contributed by atoms with van der Waals surface area (Å²) in [4.78, 5) is 24.5. The quantitative estimate of drug-likeness (QED) is 0.236. The highest BCUT2D eigenvalue weighted by Crippen LogP contribution is 2.05. The van der Waals surface area contributed by atoms with Crippen LogP contribution in [0.5, 0.6) is 0 Å². The van der Waals surface area contributed by atoms with Gasteiger partial charge in [-0.1, -0.05) is 52.4 Å². The maximum atomic E-state index is 12.4. The molecule has 0 aliphatic heterocycles. The number of hydrogen-bond acceptors (Lipinski definition) is 5. The Bertz CT molecular complexity index is 394. The fourth-order valence-electron chi connectivity index (χ4n) is 2.56. The van der Waals surface area contributed by atoms with Crippen molar-refractivity contribution in [1.29, 1.82) is 0 Å². The predicted molar refractivity (Wildman–Crippen MR) is 110 cm³/mol. The van der Waals surface area contributed by atoms with E-state index in [1.807, 2.05) is 0 Å². The number of quaternary nitrogens is 1. The molecule has 0 aromatic rings. The fourth-order valence-corrected chi connectivity index (χ4v) is 2.56. The molecule has 0 aliphatic rings. The lowest BCUT2D eigenvalue weighted by Crippen LogP contribution is -2.46. The number of carbonyl (C=O) groups is 2. The van der Waals surface area contributed by atoms with Gasteiger partial charge in [-0.15, -0.1) is 0 Å². The largest absolute Gasteiger partial charge is 0.466 e. The van der Waals surface area contributed by atoms with Crippen molar-refractivity contribution < 1.29 is 23.5 Å². The van der Waals surface area contributed by atoms with E-state index in [4.69, 9.17) is 9.47 Å². The van der Waals surface area contributed by atoms with E-state index in [1.165, 1.54) is 0 Å². The summed E-state index contributed by atoms with van der Waals surface area (Å²) in [5.41, 5.74) is 0. The van der Waals surface area contributed by atoms with Gasteiger partial charge in [-0.3, -0.25) is 14.9 Å². The molecule has 0 aromatic carbocycles. The van der Waals surface area contributed by atoms with Gasteiger partial charge in [0, 0.05) is 6.54 Å². The van der Waals surface area contributed by atoms with Crippen molar-refractivity contribution in [3.63, 3.8) is 0 Å². The highest BCUT2D eigenvalue weighted by molar-refractivity contribution is 5.82. The molecule has 0 fully saturated rings. The minimum atomic E-state index is -0.633. The maximum Gasteiger partial charge on any atom is 0.323 e. The van der Waals surface area contributed by atoms with Crippen molar-refractivity contribution in [3.05, 3.63) is 0 Å². The monoisotopic (exact) mass is 387 g/mol. The third-order valence-electron chi connectivity index (χ3n) is 4.33. The van der Waals surface area contributed by atoms with Crippen LogP contribution in [0.2, 0.25) is 0 Å². The van der Waals surface area contributed by atoms with Crippen LogP contribution >= 0.6 is 0 Å². The van der Waals surface area contributed by atoms with Gasteiger partial charge in [0.05, 0.1) is 47.3 Å². The van der Waals surface area contributed by atoms with Crippen molar-refractivity contribution in [2.75, 3.05) is 47.4 Å². The fraction of sp³-hybridized carbons (Fsp3) is 0.905. The second-order valence-electron chi connectivity index (χ2n) is 8.23. The van der Waals surface area contributed by atoms with Crippen LogP contribution in [0, 0.1) is 0 Å². The SMILES string of the molecule is CCCCCCOC(=O)CC(NCC[N+](C)(C)C)C(=O)OCCCCCC. The summed E-state index contributed by atoms with van der Waals surface area (Å²) >= 11 is 0. The lowest BCUT2D eigenvalue weighted by atomic mass is 10.2. The summed E-state index contributed by atoms with van der Waals surface area (Å²) in [5.74, 6) is -0.687. The molecule has 1 N–H and O–H groups in total. The van der Waals surface area contributed by atoms with Crippen molar-refractivity contribution in [2.45, 2.75) is 77.7 Å². The summed E-state index contributed by atoms with van der Waals surface area (Å²) in [5, 5.41) is 3.18. The van der Waals surface area contributed by atoms with Crippen LogP contribution in [0.3, 0.4) is 0 Å². The molecule has 27 heavy (non-hydrogen) atoms. The summed E-state index contributed by atoms with van der Waals surface area (Å²) in [6, 6.07) is -0.633. The molecular formula is C21H43N2O4+. The highest BCUT2D eigenvalue weighted by Gasteiger charge is 2.24. The number of hydrogen-bond donors (Lipinski definition) is 1. The van der Waals surface area contributed by atoms with Gasteiger partial charge in [-0.05, 0) is 12.8 Å². The topological polar surface area (TPSA) is 64.6 Å². The summed E-state index contributed by atoms with van der Waals surface area (Å²) in [6.45, 7) is 6.63. The molecule has 0 amide bonds. The number of nitrogens with one attached hydrogen (secondary N) is 1. The van der Waals surface area contributed by atoms with E-state index in [-0.39, 0.29) is 18.4 Å². The van der Waals surface area contributed by atoms with E-state index in [0.717, 1.165) is 62.4 Å². The van der Waals surface area contributed by atoms with Crippen LogP contribution in [0.15, 0.2) is 0 Å². The van der Waals surface area contributed by atoms with E-state index in [2.05, 4.69) is 40.3 Å². The molecule has 6 heteroatoms. The van der Waals surface area contributed by atoms with Crippen LogP contribution in [-0.2, 0) is 19.1 Å². The Morgan fingerprint density at radius 3 is 1.93 bits per heavy atom. The summed E-state index contributed by atoms with van der Waals surface area (Å²) < 4.78 is 11.4. The Balaban J connectivity index is 4.36. The number of ether oxygens (including phenoxy) is 2. The van der Waals surface area contributed by atoms with Crippen LogP contribution in [0.25, 0.3) is 0 Å². The lowest BCUT2D eigenvalue weighted by molar-refractivity contribution is -0.869. The number of likely N-dealkylation sites (N-methyl/N-ethyl adjacent to an activating group) is 1. The lowest BCUT2D eigenvalue weighted by Gasteiger charge is -2.25. The molecule has 0 aromatic heterocycles. The van der Waals surface area contributed by atoms with Gasteiger partial charge in [0.1, 0.15) is 6.04 Å². The van der Waals surface area contributed by atoms with E-state index in [1.54, 1.807) is 0 Å². The van der Waals surface area contributed by atoms with Crippen molar-refractivity contribution in [3.8, 4) is 0 Å². The second-order valence-corrected chi connectivity index (χ2v) is 8.23. The molecule has 1 atom stereocenters. The van der Waals surface area contributed by atoms with Gasteiger partial charge in [-0.2, -0.15) is 0 Å². The van der Waals surface area contributed by atoms with Crippen molar-refractivity contribution in [1.82, 2.24) is 5.32 Å². The normalized spacial score (nSPS) is 12.6. The molecule has 0 heterocycles. The number of nitrogens with zero attached hydrogens (tertiary/aromatic N) is 1. The third-order valence-corrected chi connectivity index (χ3v) is 4.33. The van der Waals surface area contributed by atoms with Gasteiger partial charge >= 0.3 is 11.9 Å². The van der Waals surface area contributed by atoms with Gasteiger partial charge in [0.25, 0.3) is 0 Å². The summed E-state index contributed by atoms with van der Waals surface area (Å²) in [6.07, 6.45) is 8.48. The van der Waals surface area contributed by atoms with Gasteiger partial charge in [-0.25, -0.2) is 0 Å². The Morgan fingerprint density at radius 2 is 1.41 bits per heavy atom. The molecule has 0 saturated carbocycles. The van der Waals surface area contributed by atoms with E-state index >= 15 is 0 Å². The zero-order valence-corrected chi connectivity index (χ0v) is 18.3. The molecule has 6 nitrogen and oxygen atoms in total. The standard InChI is InChI=1S/C21H43N2O4/c1-6-8-10-12-16-26-20(24)18-19(22-14-15-23(3,4)5)21(25)27-17-13-11-9-7-2/h19,22H,6-18H2,1-5H3/q+1. The molecular weight excluding hydrogens is 344 g/mol. The molecule has 0 spiro atoms. The Hall–Kier alpha value is -1.14. The van der Waals surface area contributed by atoms with Gasteiger partial charge in [0.15, 0.2) is 0 Å². The predicted octanol–water partition coefficient (Wildman–Crippen LogP) is 3.29. The van der Waals surface area contributed by atoms with Gasteiger partial charge in [0.2, 0.25) is 0 Å². The molecule has 0 aliphatic carbocycles. The van der Waals surface area contributed by atoms with Crippen LogP contribution < -0.4 is 5.32 Å². The first-order chi connectivity index (χ1) is 12.8. The average molecular weight is 388 g/mol. The average Bonchev–Trinajstić information content (AvgIpc) is 2.59. The van der Waals surface area contributed by atoms with E-state index in [9.17, 15) is 9.59 Å². The first kappa shape index (κ1) is 25.9. The van der Waals surface area contributed by atoms with Crippen LogP contribution in [0.4, 0.5) is 0 Å². The van der Waals surface area contributed by atoms with Crippen molar-refractivity contribution in [2.24, 2.45) is 0 Å². The number of rotatable bonds is 17. The van der Waals surface area contributed by atoms with Gasteiger partial charge < -0.3 is 14.0 Å². The number of carbonyl (C=O) groups excluding carboxylic acids is 2. The Morgan fingerprint density at radius 1 is 0.852 bits per heavy atom. The zero-order valence-electron chi connectivity index (χ0n) is 18.3. The number of esters is 2. The van der Waals surface area contributed by atoms with E-state index < -0.39 is 6.04 Å². The molecule has 0 radical (unpaired) electrons. The Kier molecular flexibility index (Phi) is 15.2. The van der Waals surface area contributed by atoms with Crippen molar-refractivity contribution >= 4 is 11.9 Å². The van der Waals surface area contributed by atoms with Crippen LogP contribution in [-0.4, -0.2) is 69.9 Å². The highest BCUT2D eigenvalue weighted by atomic mass is 16.5. The third kappa shape index (κ3) is 16.7. The first-order valence-corrected chi connectivity index (χ1v) is 10.7. The maximum absolute atomic E-state index is 12.4. The minimum absolute atomic E-state index is 0.0265. The molecule has 160 valence electrons. The molecule has 0 bridgehead atoms. The molecule has 0 saturated heterocycles. The first-order valence-electron chi connectivity index (χ1n) is 10.7. The smallest absolute Gasteiger partial charge is 0.323 e.